The van der Waals surface area contributed by atoms with Gasteiger partial charge in [-0.15, -0.1) is 0 Å². The van der Waals surface area contributed by atoms with Crippen LogP contribution in [0.15, 0.2) is 48.5 Å². The van der Waals surface area contributed by atoms with E-state index in [0.29, 0.717) is 28.9 Å². The van der Waals surface area contributed by atoms with Crippen molar-refractivity contribution in [2.24, 2.45) is 0 Å². The average molecular weight is 335 g/mol. The molecule has 0 spiro atoms. The molecule has 1 heterocycles. The number of carbonyl (C=O) groups is 2. The maximum atomic E-state index is 12.6. The van der Waals surface area contributed by atoms with Gasteiger partial charge < -0.3 is 10.1 Å². The molecule has 25 heavy (non-hydrogen) atoms. The monoisotopic (exact) mass is 335 g/mol. The number of ketones is 1. The average Bonchev–Trinajstić information content (AvgIpc) is 2.62. The predicted molar refractivity (Wildman–Crippen MR) is 95.1 cm³/mol. The summed E-state index contributed by atoms with van der Waals surface area (Å²) in [7, 11) is 0. The molecule has 3 rings (SSSR count). The van der Waals surface area contributed by atoms with E-state index < -0.39 is 5.91 Å². The second-order valence-corrected chi connectivity index (χ2v) is 5.39. The number of rotatable bonds is 5. The Kier molecular flexibility index (Phi) is 4.70. The third kappa shape index (κ3) is 3.63. The molecule has 0 aliphatic carbocycles. The zero-order valence-electron chi connectivity index (χ0n) is 13.9. The van der Waals surface area contributed by atoms with Crippen molar-refractivity contribution in [3.05, 3.63) is 59.8 Å². The molecule has 2 aromatic carbocycles. The lowest BCUT2D eigenvalue weighted by Gasteiger charge is -2.10. The summed E-state index contributed by atoms with van der Waals surface area (Å²) in [5.74, 6) is -0.256. The molecule has 6 nitrogen and oxygen atoms in total. The molecular formula is C19H17N3O3. The van der Waals surface area contributed by atoms with E-state index in [0.717, 1.165) is 0 Å². The summed E-state index contributed by atoms with van der Waals surface area (Å²) in [4.78, 5) is 32.7. The van der Waals surface area contributed by atoms with Crippen molar-refractivity contribution in [2.75, 3.05) is 11.9 Å². The predicted octanol–water partition coefficient (Wildman–Crippen LogP) is 3.48. The van der Waals surface area contributed by atoms with Crippen LogP contribution in [-0.2, 0) is 0 Å². The molecule has 0 bridgehead atoms. The molecule has 3 aromatic rings. The number of fused-ring (bicyclic) bond motifs is 1. The minimum atomic E-state index is -0.419. The standard InChI is InChI=1S/C19H17N3O3/c1-3-25-19-17(21-15-6-4-5-7-16(15)22-19)18(24)20-14-10-8-13(9-11-14)12(2)23/h4-11H,3H2,1-2H3,(H,20,24). The highest BCUT2D eigenvalue weighted by atomic mass is 16.5. The van der Waals surface area contributed by atoms with Crippen molar-refractivity contribution in [1.82, 2.24) is 9.97 Å². The number of hydrogen-bond acceptors (Lipinski definition) is 5. The van der Waals surface area contributed by atoms with E-state index in [1.165, 1.54) is 6.92 Å². The SMILES string of the molecule is CCOc1nc2ccccc2nc1C(=O)Nc1ccc(C(C)=O)cc1. The molecule has 1 aromatic heterocycles. The Hall–Kier alpha value is -3.28. The van der Waals surface area contributed by atoms with E-state index in [9.17, 15) is 9.59 Å². The highest BCUT2D eigenvalue weighted by molar-refractivity contribution is 6.05. The Morgan fingerprint density at radius 2 is 1.64 bits per heavy atom. The van der Waals surface area contributed by atoms with Gasteiger partial charge in [0.2, 0.25) is 5.88 Å². The van der Waals surface area contributed by atoms with Crippen LogP contribution < -0.4 is 10.1 Å². The zero-order chi connectivity index (χ0) is 17.8. The Morgan fingerprint density at radius 3 is 2.24 bits per heavy atom. The van der Waals surface area contributed by atoms with Crippen LogP contribution in [0.1, 0.15) is 34.7 Å². The van der Waals surface area contributed by atoms with Gasteiger partial charge in [-0.3, -0.25) is 9.59 Å². The third-order valence-corrected chi connectivity index (χ3v) is 3.58. The Bertz CT molecular complexity index is 936. The first-order chi connectivity index (χ1) is 12.1. The summed E-state index contributed by atoms with van der Waals surface area (Å²) < 4.78 is 5.48. The van der Waals surface area contributed by atoms with Crippen molar-refractivity contribution in [3.8, 4) is 5.88 Å². The number of nitrogens with one attached hydrogen (secondary N) is 1. The van der Waals surface area contributed by atoms with Crippen LogP contribution in [0, 0.1) is 0 Å². The van der Waals surface area contributed by atoms with Gasteiger partial charge in [-0.05, 0) is 50.2 Å². The third-order valence-electron chi connectivity index (χ3n) is 3.58. The molecule has 0 radical (unpaired) electrons. The van der Waals surface area contributed by atoms with Crippen LogP contribution in [0.4, 0.5) is 5.69 Å². The molecule has 0 saturated carbocycles. The second-order valence-electron chi connectivity index (χ2n) is 5.39. The van der Waals surface area contributed by atoms with Crippen LogP contribution in [0.2, 0.25) is 0 Å². The van der Waals surface area contributed by atoms with Crippen molar-refractivity contribution < 1.29 is 14.3 Å². The maximum absolute atomic E-state index is 12.6. The molecule has 0 atom stereocenters. The maximum Gasteiger partial charge on any atom is 0.279 e. The number of para-hydroxylation sites is 2. The second kappa shape index (κ2) is 7.09. The van der Waals surface area contributed by atoms with Gasteiger partial charge in [0.05, 0.1) is 17.6 Å². The van der Waals surface area contributed by atoms with E-state index in [2.05, 4.69) is 15.3 Å². The fraction of sp³-hybridized carbons (Fsp3) is 0.158. The molecule has 0 unspecified atom stereocenters. The summed E-state index contributed by atoms with van der Waals surface area (Å²) in [6.45, 7) is 3.69. The lowest BCUT2D eigenvalue weighted by atomic mass is 10.1. The Labute approximate surface area is 144 Å². The van der Waals surface area contributed by atoms with E-state index in [1.807, 2.05) is 25.1 Å². The summed E-state index contributed by atoms with van der Waals surface area (Å²) in [5.41, 5.74) is 2.54. The van der Waals surface area contributed by atoms with Gasteiger partial charge in [-0.2, -0.15) is 0 Å². The van der Waals surface area contributed by atoms with Crippen LogP contribution in [0.3, 0.4) is 0 Å². The molecular weight excluding hydrogens is 318 g/mol. The largest absolute Gasteiger partial charge is 0.476 e. The van der Waals surface area contributed by atoms with E-state index in [1.54, 1.807) is 30.3 Å². The number of hydrogen-bond donors (Lipinski definition) is 1. The number of amides is 1. The number of ether oxygens (including phenoxy) is 1. The van der Waals surface area contributed by atoms with Gasteiger partial charge >= 0.3 is 0 Å². The topological polar surface area (TPSA) is 81.2 Å². The van der Waals surface area contributed by atoms with E-state index >= 15 is 0 Å². The van der Waals surface area contributed by atoms with Crippen LogP contribution >= 0.6 is 0 Å². The van der Waals surface area contributed by atoms with Crippen molar-refractivity contribution in [1.29, 1.82) is 0 Å². The van der Waals surface area contributed by atoms with Crippen LogP contribution in [0.25, 0.3) is 11.0 Å². The highest BCUT2D eigenvalue weighted by Gasteiger charge is 2.18. The van der Waals surface area contributed by atoms with Gasteiger partial charge in [-0.25, -0.2) is 9.97 Å². The number of carbonyl (C=O) groups excluding carboxylic acids is 2. The van der Waals surface area contributed by atoms with Gasteiger partial charge in [0, 0.05) is 11.3 Å². The number of Topliss-reactive ketones (excluding diaryl/α,β-unsaturated/α-hetero) is 1. The molecule has 0 fully saturated rings. The molecule has 1 amide bonds. The lowest BCUT2D eigenvalue weighted by Crippen LogP contribution is -2.16. The molecule has 6 heteroatoms. The fourth-order valence-electron chi connectivity index (χ4n) is 2.35. The zero-order valence-corrected chi connectivity index (χ0v) is 13.9. The fourth-order valence-corrected chi connectivity index (χ4v) is 2.35. The minimum absolute atomic E-state index is 0.0306. The van der Waals surface area contributed by atoms with E-state index in [4.69, 9.17) is 4.74 Å². The van der Waals surface area contributed by atoms with Gasteiger partial charge in [-0.1, -0.05) is 12.1 Å². The highest BCUT2D eigenvalue weighted by Crippen LogP contribution is 2.20. The van der Waals surface area contributed by atoms with Crippen molar-refractivity contribution >= 4 is 28.4 Å². The van der Waals surface area contributed by atoms with Gasteiger partial charge in [0.1, 0.15) is 0 Å². The first-order valence-corrected chi connectivity index (χ1v) is 7.90. The minimum Gasteiger partial charge on any atom is -0.476 e. The quantitative estimate of drug-likeness (QED) is 0.722. The van der Waals surface area contributed by atoms with Gasteiger partial charge in [0.15, 0.2) is 11.5 Å². The number of aromatic nitrogens is 2. The summed E-state index contributed by atoms with van der Waals surface area (Å²) in [6.07, 6.45) is 0. The first-order valence-electron chi connectivity index (χ1n) is 7.90. The van der Waals surface area contributed by atoms with Gasteiger partial charge in [0.25, 0.3) is 5.91 Å². The Balaban J connectivity index is 1.92. The normalized spacial score (nSPS) is 10.5. The number of nitrogens with zero attached hydrogens (tertiary/aromatic N) is 2. The summed E-state index contributed by atoms with van der Waals surface area (Å²) in [6, 6.07) is 13.9. The number of anilines is 1. The molecule has 0 aliphatic heterocycles. The smallest absolute Gasteiger partial charge is 0.279 e. The van der Waals surface area contributed by atoms with Crippen LogP contribution in [0.5, 0.6) is 5.88 Å². The van der Waals surface area contributed by atoms with Crippen molar-refractivity contribution in [3.63, 3.8) is 0 Å². The molecule has 0 aliphatic rings. The molecule has 0 saturated heterocycles. The molecule has 1 N–H and O–H groups in total. The number of benzene rings is 2. The van der Waals surface area contributed by atoms with Crippen molar-refractivity contribution in [2.45, 2.75) is 13.8 Å². The first kappa shape index (κ1) is 16.6. The lowest BCUT2D eigenvalue weighted by molar-refractivity contribution is 0.101. The Morgan fingerprint density at radius 1 is 1.00 bits per heavy atom. The van der Waals surface area contributed by atoms with Crippen LogP contribution in [-0.4, -0.2) is 28.3 Å². The van der Waals surface area contributed by atoms with E-state index in [-0.39, 0.29) is 17.4 Å². The summed E-state index contributed by atoms with van der Waals surface area (Å²) in [5, 5.41) is 2.76. The summed E-state index contributed by atoms with van der Waals surface area (Å²) >= 11 is 0. The molecule has 126 valence electrons.